The Morgan fingerprint density at radius 1 is 1.05 bits per heavy atom. The van der Waals surface area contributed by atoms with Crippen molar-refractivity contribution in [2.75, 3.05) is 12.1 Å². The Morgan fingerprint density at radius 3 is 2.37 bits per heavy atom. The van der Waals surface area contributed by atoms with E-state index in [0.29, 0.717) is 0 Å². The lowest BCUT2D eigenvalue weighted by Crippen LogP contribution is -2.39. The van der Waals surface area contributed by atoms with Gasteiger partial charge in [-0.15, -0.1) is 0 Å². The summed E-state index contributed by atoms with van der Waals surface area (Å²) in [5.41, 5.74) is 3.40. The van der Waals surface area contributed by atoms with Gasteiger partial charge in [-0.2, -0.15) is 0 Å². The van der Waals surface area contributed by atoms with Crippen LogP contribution in [0.15, 0.2) is 48.5 Å². The average molecular weight is 262 g/mol. The molecule has 0 saturated heterocycles. The van der Waals surface area contributed by atoms with Gasteiger partial charge in [0, 0.05) is 12.6 Å². The van der Waals surface area contributed by atoms with E-state index in [1.54, 1.807) is 7.05 Å². The molecule has 0 radical (unpaired) electrons. The molecule has 0 aromatic heterocycles. The van der Waals surface area contributed by atoms with E-state index in [1.165, 1.54) is 11.1 Å². The number of anilines is 1. The van der Waals surface area contributed by atoms with Crippen molar-refractivity contribution in [3.05, 3.63) is 65.7 Å². The summed E-state index contributed by atoms with van der Waals surface area (Å²) in [4.78, 5) is 11.9. The molecule has 0 aliphatic carbocycles. The van der Waals surface area contributed by atoms with Gasteiger partial charge in [0.05, 0.1) is 5.69 Å². The van der Waals surface area contributed by atoms with Crippen LogP contribution in [0.2, 0.25) is 0 Å². The first kappa shape index (κ1) is 13.0. The minimum absolute atomic E-state index is 0.0571. The minimum Gasteiger partial charge on any atom is -0.288 e. The summed E-state index contributed by atoms with van der Waals surface area (Å²) in [6, 6.07) is 12.2. The van der Waals surface area contributed by atoms with Gasteiger partial charge in [0.1, 0.15) is 0 Å². The fourth-order valence-electron chi connectivity index (χ4n) is 1.57. The van der Waals surface area contributed by atoms with E-state index in [4.69, 9.17) is 0 Å². The summed E-state index contributed by atoms with van der Waals surface area (Å²) in [6.07, 6.45) is 0. The number of hydrazine groups is 1. The van der Waals surface area contributed by atoms with Gasteiger partial charge in [-0.1, -0.05) is 18.2 Å². The van der Waals surface area contributed by atoms with E-state index in [2.05, 4.69) is 5.43 Å². The molecule has 0 heterocycles. The van der Waals surface area contributed by atoms with Gasteiger partial charge in [0.2, 0.25) is 0 Å². The van der Waals surface area contributed by atoms with Crippen molar-refractivity contribution >= 4 is 11.6 Å². The molecule has 0 saturated carbocycles. The molecule has 0 atom stereocenters. The van der Waals surface area contributed by atoms with Crippen LogP contribution in [0, 0.1) is 11.6 Å². The fraction of sp³-hybridized carbons (Fsp3) is 0.0714. The summed E-state index contributed by atoms with van der Waals surface area (Å²) < 4.78 is 25.8. The molecule has 98 valence electrons. The molecule has 0 unspecified atom stereocenters. The maximum absolute atomic E-state index is 13.0. The van der Waals surface area contributed by atoms with Crippen molar-refractivity contribution in [3.8, 4) is 0 Å². The standard InChI is InChI=1S/C14H12F2N2O/c1-18(11-5-3-2-4-6-11)17-14(19)10-7-8-12(15)13(16)9-10/h2-9H,1H3,(H,17,19). The quantitative estimate of drug-likeness (QED) is 0.863. The number of hydrogen-bond donors (Lipinski definition) is 1. The maximum atomic E-state index is 13.0. The van der Waals surface area contributed by atoms with Gasteiger partial charge in [-0.3, -0.25) is 15.2 Å². The molecule has 0 spiro atoms. The van der Waals surface area contributed by atoms with E-state index in [1.807, 2.05) is 30.3 Å². The molecule has 2 rings (SSSR count). The summed E-state index contributed by atoms with van der Waals surface area (Å²) in [5.74, 6) is -2.53. The number of nitrogens with zero attached hydrogens (tertiary/aromatic N) is 1. The van der Waals surface area contributed by atoms with Crippen LogP contribution in [0.25, 0.3) is 0 Å². The molecule has 0 bridgehead atoms. The predicted octanol–water partition coefficient (Wildman–Crippen LogP) is 2.75. The number of amides is 1. The Morgan fingerprint density at radius 2 is 1.74 bits per heavy atom. The van der Waals surface area contributed by atoms with Crippen LogP contribution in [0.4, 0.5) is 14.5 Å². The summed E-state index contributed by atoms with van der Waals surface area (Å²) in [6.45, 7) is 0. The molecule has 0 fully saturated rings. The minimum atomic E-state index is -1.05. The van der Waals surface area contributed by atoms with Crippen LogP contribution >= 0.6 is 0 Å². The first-order valence-electron chi connectivity index (χ1n) is 5.63. The van der Waals surface area contributed by atoms with Gasteiger partial charge in [0.25, 0.3) is 5.91 Å². The number of nitrogens with one attached hydrogen (secondary N) is 1. The van der Waals surface area contributed by atoms with E-state index in [9.17, 15) is 13.6 Å². The third-order valence-electron chi connectivity index (χ3n) is 2.59. The zero-order valence-electron chi connectivity index (χ0n) is 10.2. The number of para-hydroxylation sites is 1. The molecule has 1 amide bonds. The summed E-state index contributed by atoms with van der Waals surface area (Å²) >= 11 is 0. The van der Waals surface area contributed by atoms with Crippen LogP contribution < -0.4 is 10.4 Å². The summed E-state index contributed by atoms with van der Waals surface area (Å²) in [5, 5.41) is 1.50. The van der Waals surface area contributed by atoms with Crippen LogP contribution in [-0.2, 0) is 0 Å². The van der Waals surface area contributed by atoms with Crippen LogP contribution in [0.1, 0.15) is 10.4 Å². The monoisotopic (exact) mass is 262 g/mol. The third-order valence-corrected chi connectivity index (χ3v) is 2.59. The lowest BCUT2D eigenvalue weighted by atomic mass is 10.2. The fourth-order valence-corrected chi connectivity index (χ4v) is 1.57. The molecule has 1 N–H and O–H groups in total. The molecule has 2 aromatic carbocycles. The third kappa shape index (κ3) is 3.07. The molecule has 0 aliphatic rings. The predicted molar refractivity (Wildman–Crippen MR) is 68.7 cm³/mol. The highest BCUT2D eigenvalue weighted by Gasteiger charge is 2.11. The number of carbonyl (C=O) groups is 1. The van der Waals surface area contributed by atoms with Crippen LogP contribution in [0.3, 0.4) is 0 Å². The molecule has 5 heteroatoms. The normalized spacial score (nSPS) is 10.1. The number of carbonyl (C=O) groups excluding carboxylic acids is 1. The zero-order valence-corrected chi connectivity index (χ0v) is 10.2. The van der Waals surface area contributed by atoms with E-state index in [-0.39, 0.29) is 5.56 Å². The Hall–Kier alpha value is -2.43. The van der Waals surface area contributed by atoms with Crippen molar-refractivity contribution < 1.29 is 13.6 Å². The van der Waals surface area contributed by atoms with Crippen molar-refractivity contribution in [1.29, 1.82) is 0 Å². The highest BCUT2D eigenvalue weighted by Crippen LogP contribution is 2.11. The number of hydrogen-bond acceptors (Lipinski definition) is 2. The average Bonchev–Trinajstić information content (AvgIpc) is 2.42. The van der Waals surface area contributed by atoms with Gasteiger partial charge < -0.3 is 0 Å². The van der Waals surface area contributed by atoms with Crippen molar-refractivity contribution in [2.45, 2.75) is 0 Å². The Kier molecular flexibility index (Phi) is 3.75. The Labute approximate surface area is 109 Å². The lowest BCUT2D eigenvalue weighted by molar-refractivity contribution is 0.0951. The lowest BCUT2D eigenvalue weighted by Gasteiger charge is -2.20. The number of benzene rings is 2. The van der Waals surface area contributed by atoms with Gasteiger partial charge >= 0.3 is 0 Å². The van der Waals surface area contributed by atoms with Gasteiger partial charge in [-0.05, 0) is 30.3 Å². The number of halogens is 2. The first-order valence-corrected chi connectivity index (χ1v) is 5.63. The van der Waals surface area contributed by atoms with E-state index >= 15 is 0 Å². The van der Waals surface area contributed by atoms with Crippen molar-refractivity contribution in [2.24, 2.45) is 0 Å². The topological polar surface area (TPSA) is 32.3 Å². The first-order chi connectivity index (χ1) is 9.08. The SMILES string of the molecule is CN(NC(=O)c1ccc(F)c(F)c1)c1ccccc1. The van der Waals surface area contributed by atoms with Crippen molar-refractivity contribution in [3.63, 3.8) is 0 Å². The summed E-state index contributed by atoms with van der Waals surface area (Å²) in [7, 11) is 1.66. The van der Waals surface area contributed by atoms with Gasteiger partial charge in [0.15, 0.2) is 11.6 Å². The van der Waals surface area contributed by atoms with E-state index < -0.39 is 17.5 Å². The van der Waals surface area contributed by atoms with Crippen molar-refractivity contribution in [1.82, 2.24) is 5.43 Å². The highest BCUT2D eigenvalue weighted by atomic mass is 19.2. The second kappa shape index (κ2) is 5.48. The zero-order chi connectivity index (χ0) is 13.8. The van der Waals surface area contributed by atoms with Crippen LogP contribution in [-0.4, -0.2) is 13.0 Å². The molecular formula is C14H12F2N2O. The smallest absolute Gasteiger partial charge is 0.269 e. The van der Waals surface area contributed by atoms with E-state index in [0.717, 1.165) is 17.8 Å². The molecule has 0 aliphatic heterocycles. The molecule has 2 aromatic rings. The maximum Gasteiger partial charge on any atom is 0.269 e. The molecular weight excluding hydrogens is 250 g/mol. The number of rotatable bonds is 3. The molecule has 19 heavy (non-hydrogen) atoms. The Bertz CT molecular complexity index is 587. The van der Waals surface area contributed by atoms with Gasteiger partial charge in [-0.25, -0.2) is 8.78 Å². The Balaban J connectivity index is 2.11. The highest BCUT2D eigenvalue weighted by molar-refractivity contribution is 5.95. The molecule has 3 nitrogen and oxygen atoms in total. The largest absolute Gasteiger partial charge is 0.288 e. The second-order valence-corrected chi connectivity index (χ2v) is 3.96. The van der Waals surface area contributed by atoms with Crippen LogP contribution in [0.5, 0.6) is 0 Å². The second-order valence-electron chi connectivity index (χ2n) is 3.96.